The highest BCUT2D eigenvalue weighted by molar-refractivity contribution is 5.92. The first-order chi connectivity index (χ1) is 8.77. The molecule has 1 aromatic heterocycles. The van der Waals surface area contributed by atoms with E-state index in [1.54, 1.807) is 24.4 Å². The van der Waals surface area contributed by atoms with Crippen LogP contribution in [0.4, 0.5) is 0 Å². The van der Waals surface area contributed by atoms with E-state index in [0.717, 1.165) is 25.9 Å². The number of hydrogen-bond donors (Lipinski definition) is 1. The Bertz CT molecular complexity index is 420. The van der Waals surface area contributed by atoms with Gasteiger partial charge in [0.05, 0.1) is 0 Å². The molecule has 0 spiro atoms. The van der Waals surface area contributed by atoms with Crippen LogP contribution in [0.15, 0.2) is 24.4 Å². The normalized spacial score (nSPS) is 14.9. The minimum Gasteiger partial charge on any atom is -0.351 e. The average Bonchev–Trinajstić information content (AvgIpc) is 2.81. The molecular weight excluding hydrogens is 230 g/mol. The van der Waals surface area contributed by atoms with Gasteiger partial charge in [0.25, 0.3) is 5.91 Å². The molecule has 2 rings (SSSR count). The summed E-state index contributed by atoms with van der Waals surface area (Å²) >= 11 is 0. The first-order valence-corrected chi connectivity index (χ1v) is 6.24. The Balaban J connectivity index is 1.66. The van der Waals surface area contributed by atoms with Crippen molar-refractivity contribution in [2.45, 2.75) is 19.3 Å². The Morgan fingerprint density at radius 2 is 2.33 bits per heavy atom. The first kappa shape index (κ1) is 12.5. The molecule has 5 nitrogen and oxygen atoms in total. The van der Waals surface area contributed by atoms with Gasteiger partial charge in [-0.25, -0.2) is 0 Å². The zero-order valence-electron chi connectivity index (χ0n) is 10.3. The van der Waals surface area contributed by atoms with Crippen molar-refractivity contribution in [1.82, 2.24) is 15.2 Å². The maximum absolute atomic E-state index is 11.7. The largest absolute Gasteiger partial charge is 0.351 e. The van der Waals surface area contributed by atoms with Crippen LogP contribution < -0.4 is 5.32 Å². The van der Waals surface area contributed by atoms with Gasteiger partial charge in [0.2, 0.25) is 5.91 Å². The first-order valence-electron chi connectivity index (χ1n) is 6.24. The smallest absolute Gasteiger partial charge is 0.269 e. The number of pyridine rings is 1. The van der Waals surface area contributed by atoms with Crippen LogP contribution in [0.1, 0.15) is 29.8 Å². The third kappa shape index (κ3) is 3.29. The molecular formula is C13H17N3O2. The van der Waals surface area contributed by atoms with Crippen LogP contribution in [0.3, 0.4) is 0 Å². The highest BCUT2D eigenvalue weighted by Crippen LogP contribution is 2.09. The predicted molar refractivity (Wildman–Crippen MR) is 67.0 cm³/mol. The molecule has 1 aliphatic heterocycles. The number of hydrogen-bond acceptors (Lipinski definition) is 3. The van der Waals surface area contributed by atoms with E-state index in [4.69, 9.17) is 0 Å². The van der Waals surface area contributed by atoms with Gasteiger partial charge in [0.1, 0.15) is 5.69 Å². The highest BCUT2D eigenvalue weighted by atomic mass is 16.2. The fourth-order valence-electron chi connectivity index (χ4n) is 2.00. The number of aromatic nitrogens is 1. The number of carbonyl (C=O) groups is 2. The maximum Gasteiger partial charge on any atom is 0.269 e. The quantitative estimate of drug-likeness (QED) is 0.784. The lowest BCUT2D eigenvalue weighted by Crippen LogP contribution is -2.30. The molecule has 0 unspecified atom stereocenters. The van der Waals surface area contributed by atoms with Crippen molar-refractivity contribution in [2.75, 3.05) is 19.6 Å². The van der Waals surface area contributed by atoms with E-state index in [9.17, 15) is 9.59 Å². The zero-order chi connectivity index (χ0) is 12.8. The Morgan fingerprint density at radius 1 is 1.44 bits per heavy atom. The van der Waals surface area contributed by atoms with Crippen LogP contribution in [-0.2, 0) is 4.79 Å². The summed E-state index contributed by atoms with van der Waals surface area (Å²) in [5.41, 5.74) is 0.426. The average molecular weight is 247 g/mol. The van der Waals surface area contributed by atoms with Gasteiger partial charge in [-0.3, -0.25) is 14.6 Å². The lowest BCUT2D eigenvalue weighted by Gasteiger charge is -2.15. The van der Waals surface area contributed by atoms with Crippen LogP contribution in [0.2, 0.25) is 0 Å². The molecule has 1 N–H and O–H groups in total. The molecule has 0 bridgehead atoms. The van der Waals surface area contributed by atoms with E-state index >= 15 is 0 Å². The van der Waals surface area contributed by atoms with Crippen LogP contribution in [0.25, 0.3) is 0 Å². The Labute approximate surface area is 106 Å². The second-order valence-electron chi connectivity index (χ2n) is 4.31. The molecule has 1 aliphatic rings. The lowest BCUT2D eigenvalue weighted by atomic mass is 10.3. The van der Waals surface area contributed by atoms with Crippen molar-refractivity contribution >= 4 is 11.8 Å². The molecule has 1 fully saturated rings. The maximum atomic E-state index is 11.7. The van der Waals surface area contributed by atoms with E-state index in [1.165, 1.54) is 0 Å². The van der Waals surface area contributed by atoms with Crippen LogP contribution in [0.5, 0.6) is 0 Å². The van der Waals surface area contributed by atoms with Gasteiger partial charge in [0, 0.05) is 32.3 Å². The standard InChI is InChI=1S/C13H17N3O2/c17-12-6-3-9-16(12)10-4-8-15-13(18)11-5-1-2-7-14-11/h1-2,5,7H,3-4,6,8-10H2,(H,15,18). The molecule has 5 heteroatoms. The van der Waals surface area contributed by atoms with Crippen molar-refractivity contribution in [3.05, 3.63) is 30.1 Å². The minimum absolute atomic E-state index is 0.164. The van der Waals surface area contributed by atoms with Gasteiger partial charge in [-0.15, -0.1) is 0 Å². The highest BCUT2D eigenvalue weighted by Gasteiger charge is 2.19. The van der Waals surface area contributed by atoms with Gasteiger partial charge < -0.3 is 10.2 Å². The van der Waals surface area contributed by atoms with E-state index in [1.807, 2.05) is 4.90 Å². The molecule has 0 aromatic carbocycles. The molecule has 0 aliphatic carbocycles. The van der Waals surface area contributed by atoms with Crippen molar-refractivity contribution in [3.63, 3.8) is 0 Å². The minimum atomic E-state index is -0.164. The summed E-state index contributed by atoms with van der Waals surface area (Å²) in [4.78, 5) is 28.8. The summed E-state index contributed by atoms with van der Waals surface area (Å²) < 4.78 is 0. The second-order valence-corrected chi connectivity index (χ2v) is 4.31. The molecule has 96 valence electrons. The van der Waals surface area contributed by atoms with Gasteiger partial charge in [-0.2, -0.15) is 0 Å². The Kier molecular flexibility index (Phi) is 4.28. The van der Waals surface area contributed by atoms with Crippen molar-refractivity contribution in [1.29, 1.82) is 0 Å². The summed E-state index contributed by atoms with van der Waals surface area (Å²) in [5.74, 6) is 0.0643. The molecule has 2 heterocycles. The molecule has 1 aromatic rings. The summed E-state index contributed by atoms with van der Waals surface area (Å²) in [6.07, 6.45) is 4.00. The van der Waals surface area contributed by atoms with Crippen molar-refractivity contribution in [2.24, 2.45) is 0 Å². The zero-order valence-corrected chi connectivity index (χ0v) is 10.3. The van der Waals surface area contributed by atoms with Gasteiger partial charge in [-0.1, -0.05) is 6.07 Å². The molecule has 0 atom stereocenters. The summed E-state index contributed by atoms with van der Waals surface area (Å²) in [5, 5.41) is 2.80. The van der Waals surface area contributed by atoms with E-state index < -0.39 is 0 Å². The predicted octanol–water partition coefficient (Wildman–Crippen LogP) is 0.824. The fourth-order valence-corrected chi connectivity index (χ4v) is 2.00. The summed E-state index contributed by atoms with van der Waals surface area (Å²) in [7, 11) is 0. The fraction of sp³-hybridized carbons (Fsp3) is 0.462. The molecule has 0 saturated carbocycles. The number of nitrogens with one attached hydrogen (secondary N) is 1. The van der Waals surface area contributed by atoms with E-state index in [-0.39, 0.29) is 11.8 Å². The topological polar surface area (TPSA) is 62.3 Å². The van der Waals surface area contributed by atoms with Crippen molar-refractivity contribution in [3.8, 4) is 0 Å². The summed E-state index contributed by atoms with van der Waals surface area (Å²) in [6.45, 7) is 2.15. The van der Waals surface area contributed by atoms with Gasteiger partial charge in [-0.05, 0) is 25.0 Å². The Hall–Kier alpha value is -1.91. The number of amides is 2. The number of carbonyl (C=O) groups excluding carboxylic acids is 2. The summed E-state index contributed by atoms with van der Waals surface area (Å²) in [6, 6.07) is 5.24. The molecule has 2 amide bonds. The van der Waals surface area contributed by atoms with E-state index in [0.29, 0.717) is 18.7 Å². The third-order valence-electron chi connectivity index (χ3n) is 2.96. The third-order valence-corrected chi connectivity index (χ3v) is 2.96. The van der Waals surface area contributed by atoms with Gasteiger partial charge in [0.15, 0.2) is 0 Å². The van der Waals surface area contributed by atoms with Gasteiger partial charge >= 0.3 is 0 Å². The van der Waals surface area contributed by atoms with Crippen molar-refractivity contribution < 1.29 is 9.59 Å². The van der Waals surface area contributed by atoms with Crippen LogP contribution in [0, 0.1) is 0 Å². The number of likely N-dealkylation sites (tertiary alicyclic amines) is 1. The monoisotopic (exact) mass is 247 g/mol. The van der Waals surface area contributed by atoms with Crippen LogP contribution >= 0.6 is 0 Å². The molecule has 0 radical (unpaired) electrons. The molecule has 1 saturated heterocycles. The Morgan fingerprint density at radius 3 is 3.00 bits per heavy atom. The SMILES string of the molecule is O=C(NCCCN1CCCC1=O)c1ccccn1. The second kappa shape index (κ2) is 6.14. The van der Waals surface area contributed by atoms with Crippen LogP contribution in [-0.4, -0.2) is 41.3 Å². The van der Waals surface area contributed by atoms with E-state index in [2.05, 4.69) is 10.3 Å². The molecule has 18 heavy (non-hydrogen) atoms. The number of nitrogens with zero attached hydrogens (tertiary/aromatic N) is 2. The lowest BCUT2D eigenvalue weighted by molar-refractivity contribution is -0.127. The number of rotatable bonds is 5.